The molecule has 108 valence electrons. The fraction of sp³-hybridized carbons (Fsp3) is 0.188. The molecule has 0 radical (unpaired) electrons. The third-order valence-electron chi connectivity index (χ3n) is 3.70. The minimum Gasteiger partial charge on any atom is -0.399 e. The van der Waals surface area contributed by atoms with E-state index < -0.39 is 0 Å². The zero-order chi connectivity index (χ0) is 15.0. The Morgan fingerprint density at radius 2 is 2.00 bits per heavy atom. The fourth-order valence-electron chi connectivity index (χ4n) is 2.56. The maximum absolute atomic E-state index is 13.3. The van der Waals surface area contributed by atoms with Crippen LogP contribution in [0.15, 0.2) is 40.9 Å². The summed E-state index contributed by atoms with van der Waals surface area (Å²) >= 11 is 3.11. The van der Waals surface area contributed by atoms with Gasteiger partial charge in [0.1, 0.15) is 5.82 Å². The quantitative estimate of drug-likeness (QED) is 0.803. The topological polar surface area (TPSA) is 46.3 Å². The molecule has 2 aromatic carbocycles. The van der Waals surface area contributed by atoms with Gasteiger partial charge in [-0.2, -0.15) is 0 Å². The van der Waals surface area contributed by atoms with Crippen LogP contribution in [0.2, 0.25) is 0 Å². The monoisotopic (exact) mass is 348 g/mol. The Balaban J connectivity index is 1.85. The first-order valence-electron chi connectivity index (χ1n) is 6.66. The van der Waals surface area contributed by atoms with Crippen molar-refractivity contribution < 1.29 is 9.18 Å². The van der Waals surface area contributed by atoms with Crippen molar-refractivity contribution in [3.63, 3.8) is 0 Å². The van der Waals surface area contributed by atoms with Crippen LogP contribution >= 0.6 is 15.9 Å². The predicted octanol–water partition coefficient (Wildman–Crippen LogP) is 3.37. The van der Waals surface area contributed by atoms with E-state index in [9.17, 15) is 9.18 Å². The number of fused-ring (bicyclic) bond motifs is 1. The molecule has 1 heterocycles. The van der Waals surface area contributed by atoms with Crippen LogP contribution in [0.3, 0.4) is 0 Å². The molecule has 2 N–H and O–H groups in total. The lowest BCUT2D eigenvalue weighted by Gasteiger charge is -2.29. The van der Waals surface area contributed by atoms with Gasteiger partial charge in [-0.1, -0.05) is 6.07 Å². The van der Waals surface area contributed by atoms with E-state index in [2.05, 4.69) is 15.9 Å². The summed E-state index contributed by atoms with van der Waals surface area (Å²) in [5.74, 6) is -0.466. The molecule has 1 amide bonds. The van der Waals surface area contributed by atoms with Crippen molar-refractivity contribution in [3.8, 4) is 0 Å². The van der Waals surface area contributed by atoms with Crippen molar-refractivity contribution in [3.05, 3.63) is 63.4 Å². The lowest BCUT2D eigenvalue weighted by atomic mass is 9.98. The fourth-order valence-corrected chi connectivity index (χ4v) is 2.94. The summed E-state index contributed by atoms with van der Waals surface area (Å²) in [4.78, 5) is 14.3. The molecule has 1 aliphatic rings. The molecule has 0 atom stereocenters. The lowest BCUT2D eigenvalue weighted by Crippen LogP contribution is -2.36. The molecular formula is C16H14BrFN2O. The van der Waals surface area contributed by atoms with Gasteiger partial charge in [-0.3, -0.25) is 4.79 Å². The molecule has 0 bridgehead atoms. The van der Waals surface area contributed by atoms with E-state index >= 15 is 0 Å². The van der Waals surface area contributed by atoms with Gasteiger partial charge < -0.3 is 10.6 Å². The van der Waals surface area contributed by atoms with Gasteiger partial charge in [0.15, 0.2) is 0 Å². The summed E-state index contributed by atoms with van der Waals surface area (Å²) in [6.07, 6.45) is 0.809. The van der Waals surface area contributed by atoms with Gasteiger partial charge in [-0.05, 0) is 63.8 Å². The van der Waals surface area contributed by atoms with Crippen LogP contribution in [-0.2, 0) is 13.0 Å². The molecule has 0 aliphatic carbocycles. The Hall–Kier alpha value is -1.88. The van der Waals surface area contributed by atoms with E-state index in [4.69, 9.17) is 5.73 Å². The number of carbonyl (C=O) groups excluding carboxylic acids is 1. The van der Waals surface area contributed by atoms with E-state index in [1.807, 2.05) is 18.2 Å². The highest BCUT2D eigenvalue weighted by atomic mass is 79.9. The third-order valence-corrected chi connectivity index (χ3v) is 4.30. The van der Waals surface area contributed by atoms with Gasteiger partial charge in [-0.15, -0.1) is 0 Å². The minimum atomic E-state index is -0.372. The van der Waals surface area contributed by atoms with Crippen LogP contribution in [-0.4, -0.2) is 17.4 Å². The van der Waals surface area contributed by atoms with Crippen LogP contribution in [0.25, 0.3) is 0 Å². The number of anilines is 1. The molecule has 3 rings (SSSR count). The summed E-state index contributed by atoms with van der Waals surface area (Å²) in [7, 11) is 0. The first-order chi connectivity index (χ1) is 10.0. The van der Waals surface area contributed by atoms with E-state index in [0.717, 1.165) is 12.0 Å². The lowest BCUT2D eigenvalue weighted by molar-refractivity contribution is 0.0734. The second-order valence-electron chi connectivity index (χ2n) is 5.13. The van der Waals surface area contributed by atoms with Crippen molar-refractivity contribution in [2.24, 2.45) is 0 Å². The zero-order valence-electron chi connectivity index (χ0n) is 11.3. The smallest absolute Gasteiger partial charge is 0.254 e. The summed E-state index contributed by atoms with van der Waals surface area (Å²) in [6, 6.07) is 10.1. The van der Waals surface area contributed by atoms with Crippen LogP contribution in [0.5, 0.6) is 0 Å². The van der Waals surface area contributed by atoms with Crippen molar-refractivity contribution >= 4 is 27.5 Å². The maximum Gasteiger partial charge on any atom is 0.254 e. The molecule has 21 heavy (non-hydrogen) atoms. The van der Waals surface area contributed by atoms with Crippen LogP contribution in [0.1, 0.15) is 21.5 Å². The second kappa shape index (κ2) is 5.48. The molecular weight excluding hydrogens is 335 g/mol. The average molecular weight is 349 g/mol. The Morgan fingerprint density at radius 1 is 1.19 bits per heavy atom. The van der Waals surface area contributed by atoms with Gasteiger partial charge in [0.25, 0.3) is 5.91 Å². The highest BCUT2D eigenvalue weighted by molar-refractivity contribution is 9.10. The molecule has 1 aliphatic heterocycles. The number of halogens is 2. The van der Waals surface area contributed by atoms with Crippen LogP contribution in [0, 0.1) is 5.82 Å². The van der Waals surface area contributed by atoms with Crippen LogP contribution < -0.4 is 5.73 Å². The number of nitrogens with two attached hydrogens (primary N) is 1. The second-order valence-corrected chi connectivity index (χ2v) is 5.99. The van der Waals surface area contributed by atoms with E-state index in [1.54, 1.807) is 4.90 Å². The Morgan fingerprint density at radius 3 is 2.76 bits per heavy atom. The number of carbonyl (C=O) groups is 1. The standard InChI is InChI=1S/C16H14BrFN2O/c17-14-8-11(2-4-15(14)18)16(21)20-6-5-10-1-3-13(19)7-12(10)9-20/h1-4,7-8H,5-6,9,19H2. The Kier molecular flexibility index (Phi) is 3.68. The maximum atomic E-state index is 13.3. The first-order valence-corrected chi connectivity index (χ1v) is 7.45. The average Bonchev–Trinajstić information content (AvgIpc) is 2.48. The molecule has 2 aromatic rings. The summed E-state index contributed by atoms with van der Waals surface area (Å²) in [5.41, 5.74) is 9.29. The number of hydrogen-bond acceptors (Lipinski definition) is 2. The summed E-state index contributed by atoms with van der Waals surface area (Å²) < 4.78 is 13.6. The van der Waals surface area contributed by atoms with Crippen LogP contribution in [0.4, 0.5) is 10.1 Å². The first kappa shape index (κ1) is 14.1. The number of hydrogen-bond donors (Lipinski definition) is 1. The van der Waals surface area contributed by atoms with Gasteiger partial charge in [0.2, 0.25) is 0 Å². The molecule has 5 heteroatoms. The summed E-state index contributed by atoms with van der Waals surface area (Å²) in [6.45, 7) is 1.19. The SMILES string of the molecule is Nc1ccc2c(c1)CN(C(=O)c1ccc(F)c(Br)c1)CC2. The number of rotatable bonds is 1. The predicted molar refractivity (Wildman–Crippen MR) is 83.4 cm³/mol. The van der Waals surface area contributed by atoms with E-state index in [0.29, 0.717) is 28.8 Å². The number of benzene rings is 2. The highest BCUT2D eigenvalue weighted by Crippen LogP contribution is 2.24. The molecule has 3 nitrogen and oxygen atoms in total. The zero-order valence-corrected chi connectivity index (χ0v) is 12.9. The van der Waals surface area contributed by atoms with Gasteiger partial charge in [-0.25, -0.2) is 4.39 Å². The number of nitrogen functional groups attached to an aromatic ring is 1. The van der Waals surface area contributed by atoms with E-state index in [-0.39, 0.29) is 11.7 Å². The van der Waals surface area contributed by atoms with Crippen molar-refractivity contribution in [2.45, 2.75) is 13.0 Å². The molecule has 0 unspecified atom stereocenters. The van der Waals surface area contributed by atoms with Crippen molar-refractivity contribution in [2.75, 3.05) is 12.3 Å². The third kappa shape index (κ3) is 2.78. The van der Waals surface area contributed by atoms with Gasteiger partial charge >= 0.3 is 0 Å². The van der Waals surface area contributed by atoms with Crippen molar-refractivity contribution in [1.82, 2.24) is 4.90 Å². The normalized spacial score (nSPS) is 13.9. The molecule has 0 aromatic heterocycles. The molecule has 0 spiro atoms. The van der Waals surface area contributed by atoms with Crippen molar-refractivity contribution in [1.29, 1.82) is 0 Å². The van der Waals surface area contributed by atoms with Gasteiger partial charge in [0.05, 0.1) is 4.47 Å². The Labute approximate surface area is 130 Å². The minimum absolute atomic E-state index is 0.0937. The molecule has 0 fully saturated rings. The number of amides is 1. The summed E-state index contributed by atoms with van der Waals surface area (Å²) in [5, 5.41) is 0. The number of nitrogens with zero attached hydrogens (tertiary/aromatic N) is 1. The highest BCUT2D eigenvalue weighted by Gasteiger charge is 2.22. The van der Waals surface area contributed by atoms with E-state index in [1.165, 1.54) is 23.8 Å². The molecule has 0 saturated heterocycles. The van der Waals surface area contributed by atoms with Gasteiger partial charge in [0, 0.05) is 24.3 Å². The molecule has 0 saturated carbocycles. The Bertz CT molecular complexity index is 717. The largest absolute Gasteiger partial charge is 0.399 e.